The van der Waals surface area contributed by atoms with Crippen LogP contribution in [0.25, 0.3) is 0 Å². The van der Waals surface area contributed by atoms with E-state index in [1.165, 1.54) is 186 Å². The Hall–Kier alpha value is -1.94. The molecule has 0 saturated carbocycles. The van der Waals surface area contributed by atoms with Crippen molar-refractivity contribution >= 4 is 39.5 Å². The Kier molecular flexibility index (Phi) is 64.0. The van der Waals surface area contributed by atoms with Gasteiger partial charge in [0.15, 0.2) is 12.2 Å². The molecule has 0 radical (unpaired) electrons. The van der Waals surface area contributed by atoms with Crippen LogP contribution in [0.15, 0.2) is 0 Å². The van der Waals surface area contributed by atoms with Gasteiger partial charge in [-0.2, -0.15) is 0 Å². The van der Waals surface area contributed by atoms with E-state index in [0.717, 1.165) is 114 Å². The van der Waals surface area contributed by atoms with Crippen LogP contribution in [0.1, 0.15) is 383 Å². The van der Waals surface area contributed by atoms with E-state index in [2.05, 4.69) is 55.4 Å². The average molecular weight is 1400 g/mol. The molecule has 0 spiro atoms. The minimum Gasteiger partial charge on any atom is -0.462 e. The zero-order valence-electron chi connectivity index (χ0n) is 62.3. The van der Waals surface area contributed by atoms with Crippen LogP contribution in [0.2, 0.25) is 0 Å². The summed E-state index contributed by atoms with van der Waals surface area (Å²) in [7, 11) is -9.91. The number of phosphoric ester groups is 2. The van der Waals surface area contributed by atoms with Gasteiger partial charge < -0.3 is 33.8 Å². The van der Waals surface area contributed by atoms with Crippen molar-refractivity contribution in [1.82, 2.24) is 0 Å². The number of aliphatic hydroxyl groups excluding tert-OH is 1. The summed E-state index contributed by atoms with van der Waals surface area (Å²) in [6.45, 7) is 14.2. The molecular formula is C76H148O17P2. The molecule has 0 bridgehead atoms. The van der Waals surface area contributed by atoms with Crippen LogP contribution >= 0.6 is 15.6 Å². The minimum absolute atomic E-state index is 0.105. The highest BCUT2D eigenvalue weighted by atomic mass is 31.2. The van der Waals surface area contributed by atoms with Crippen molar-refractivity contribution in [1.29, 1.82) is 0 Å². The topological polar surface area (TPSA) is 237 Å². The van der Waals surface area contributed by atoms with E-state index in [0.29, 0.717) is 25.7 Å². The van der Waals surface area contributed by atoms with E-state index in [1.807, 2.05) is 0 Å². The molecule has 17 nitrogen and oxygen atoms in total. The molecule has 0 heterocycles. The van der Waals surface area contributed by atoms with Gasteiger partial charge in [-0.25, -0.2) is 9.13 Å². The normalized spacial score (nSPS) is 14.4. The zero-order chi connectivity index (χ0) is 70.3. The van der Waals surface area contributed by atoms with E-state index in [-0.39, 0.29) is 25.7 Å². The highest BCUT2D eigenvalue weighted by molar-refractivity contribution is 7.47. The van der Waals surface area contributed by atoms with Crippen molar-refractivity contribution < 1.29 is 80.2 Å². The molecule has 95 heavy (non-hydrogen) atoms. The van der Waals surface area contributed by atoms with Crippen molar-refractivity contribution in [2.45, 2.75) is 401 Å². The molecule has 3 unspecified atom stereocenters. The number of unbranched alkanes of at least 4 members (excludes halogenated alkanes) is 38. The Labute approximate surface area is 581 Å². The van der Waals surface area contributed by atoms with Crippen molar-refractivity contribution in [3.63, 3.8) is 0 Å². The quantitative estimate of drug-likeness (QED) is 0.0222. The van der Waals surface area contributed by atoms with Gasteiger partial charge in [-0.1, -0.05) is 331 Å². The lowest BCUT2D eigenvalue weighted by molar-refractivity contribution is -0.161. The van der Waals surface area contributed by atoms with Crippen LogP contribution < -0.4 is 0 Å². The summed E-state index contributed by atoms with van der Waals surface area (Å²) in [5, 5.41) is 10.6. The lowest BCUT2D eigenvalue weighted by Gasteiger charge is -2.21. The Morgan fingerprint density at radius 2 is 0.505 bits per heavy atom. The van der Waals surface area contributed by atoms with Crippen LogP contribution in [-0.4, -0.2) is 96.7 Å². The number of carbonyl (C=O) groups excluding carboxylic acids is 4. The first-order valence-corrected chi connectivity index (χ1v) is 42.2. The minimum atomic E-state index is -4.96. The van der Waals surface area contributed by atoms with Crippen molar-refractivity contribution in [2.75, 3.05) is 39.6 Å². The molecule has 0 aromatic carbocycles. The van der Waals surface area contributed by atoms with Gasteiger partial charge in [0, 0.05) is 25.7 Å². The third-order valence-corrected chi connectivity index (χ3v) is 19.8. The summed E-state index contributed by atoms with van der Waals surface area (Å²) in [5.41, 5.74) is 0. The second-order valence-corrected chi connectivity index (χ2v) is 32.0. The number of carbonyl (C=O) groups is 4. The Bertz CT molecular complexity index is 1870. The second kappa shape index (κ2) is 65.4. The largest absolute Gasteiger partial charge is 0.472 e. The molecule has 0 saturated heterocycles. The van der Waals surface area contributed by atoms with Gasteiger partial charge in [-0.15, -0.1) is 0 Å². The lowest BCUT2D eigenvalue weighted by atomic mass is 9.99. The molecule has 6 atom stereocenters. The van der Waals surface area contributed by atoms with E-state index >= 15 is 0 Å². The smallest absolute Gasteiger partial charge is 0.462 e. The van der Waals surface area contributed by atoms with E-state index in [4.69, 9.17) is 37.0 Å². The van der Waals surface area contributed by atoms with Gasteiger partial charge in [0.1, 0.15) is 19.3 Å². The van der Waals surface area contributed by atoms with Gasteiger partial charge in [0.2, 0.25) is 0 Å². The number of hydrogen-bond acceptors (Lipinski definition) is 15. The van der Waals surface area contributed by atoms with E-state index in [9.17, 15) is 43.2 Å². The first-order valence-electron chi connectivity index (χ1n) is 39.2. The van der Waals surface area contributed by atoms with Crippen LogP contribution in [0.3, 0.4) is 0 Å². The number of phosphoric acid groups is 2. The summed E-state index contributed by atoms with van der Waals surface area (Å²) in [5.74, 6) is 0.972. The fraction of sp³-hybridized carbons (Fsp3) is 0.947. The highest BCUT2D eigenvalue weighted by Crippen LogP contribution is 2.45. The van der Waals surface area contributed by atoms with Crippen molar-refractivity contribution in [3.8, 4) is 0 Å². The van der Waals surface area contributed by atoms with Gasteiger partial charge in [0.05, 0.1) is 26.4 Å². The van der Waals surface area contributed by atoms with Crippen LogP contribution in [-0.2, 0) is 65.4 Å². The molecule has 0 amide bonds. The maximum absolute atomic E-state index is 13.1. The molecular weight excluding hydrogens is 1250 g/mol. The summed E-state index contributed by atoms with van der Waals surface area (Å²) >= 11 is 0. The fourth-order valence-corrected chi connectivity index (χ4v) is 13.1. The molecule has 0 aliphatic rings. The van der Waals surface area contributed by atoms with E-state index < -0.39 is 97.5 Å². The average Bonchev–Trinajstić information content (AvgIpc) is 1.31. The Balaban J connectivity index is 5.28. The third kappa shape index (κ3) is 69.0. The van der Waals surface area contributed by atoms with Crippen LogP contribution in [0.5, 0.6) is 0 Å². The SMILES string of the molecule is CCC(C)CCCCCCCCCCCCC(=O)OC[C@H](COP(=O)(O)OC[C@@H](O)COP(=O)(O)OC[C@@H](COC(=O)CCCCCCCCCCCC(C)C)OC(=O)CCCCCCCCCCCCC(C)C)OC(=O)CCCCCCCCCCCCCCCC(C)C. The van der Waals surface area contributed by atoms with Gasteiger partial charge in [-0.05, 0) is 49.4 Å². The molecule has 3 N–H and O–H groups in total. The van der Waals surface area contributed by atoms with Crippen molar-refractivity contribution in [2.24, 2.45) is 23.7 Å². The van der Waals surface area contributed by atoms with Gasteiger partial charge in [0.25, 0.3) is 0 Å². The van der Waals surface area contributed by atoms with Crippen molar-refractivity contribution in [3.05, 3.63) is 0 Å². The Morgan fingerprint density at radius 1 is 0.295 bits per heavy atom. The third-order valence-electron chi connectivity index (χ3n) is 17.9. The first-order chi connectivity index (χ1) is 45.6. The summed E-state index contributed by atoms with van der Waals surface area (Å²) in [4.78, 5) is 72.9. The van der Waals surface area contributed by atoms with Gasteiger partial charge in [-0.3, -0.25) is 37.3 Å². The molecule has 0 aromatic heterocycles. The van der Waals surface area contributed by atoms with Gasteiger partial charge >= 0.3 is 39.5 Å². The molecule has 0 aliphatic heterocycles. The standard InChI is InChI=1S/C76H148O17P2/c1-9-69(8)55-47-39-31-23-16-18-24-32-40-48-56-73(78)86-62-71(92-75(80)58-50-42-34-25-14-12-10-11-13-20-28-36-44-52-66(2)3)64-90-94(82,83)88-60-70(77)61-89-95(84,85)91-65-72(63-87-74(79)57-49-41-33-27-19-22-30-38-46-54-68(6)7)93-76(81)59-51-43-35-26-17-15-21-29-37-45-53-67(4)5/h66-72,77H,9-65H2,1-8H3,(H,82,83)(H,84,85)/t69?,70-,71-,72-/m1/s1. The fourth-order valence-electron chi connectivity index (χ4n) is 11.5. The molecule has 564 valence electrons. The molecule has 0 aromatic rings. The first kappa shape index (κ1) is 93.1. The monoisotopic (exact) mass is 1400 g/mol. The molecule has 0 aliphatic carbocycles. The maximum atomic E-state index is 13.1. The number of rotatable bonds is 73. The maximum Gasteiger partial charge on any atom is 0.472 e. The number of esters is 4. The number of hydrogen-bond donors (Lipinski definition) is 3. The van der Waals surface area contributed by atoms with Crippen LogP contribution in [0, 0.1) is 23.7 Å². The zero-order valence-corrected chi connectivity index (χ0v) is 64.1. The molecule has 0 rings (SSSR count). The molecule has 0 fully saturated rings. The summed E-state index contributed by atoms with van der Waals surface area (Å²) < 4.78 is 68.6. The second-order valence-electron chi connectivity index (χ2n) is 29.1. The predicted molar refractivity (Wildman–Crippen MR) is 386 cm³/mol. The highest BCUT2D eigenvalue weighted by Gasteiger charge is 2.30. The molecule has 19 heteroatoms. The van der Waals surface area contributed by atoms with E-state index in [1.54, 1.807) is 0 Å². The summed E-state index contributed by atoms with van der Waals surface area (Å²) in [6.07, 6.45) is 49.8. The van der Waals surface area contributed by atoms with Crippen LogP contribution in [0.4, 0.5) is 0 Å². The predicted octanol–water partition coefficient (Wildman–Crippen LogP) is 22.0. The number of ether oxygens (including phenoxy) is 4. The Morgan fingerprint density at radius 3 is 0.747 bits per heavy atom. The summed E-state index contributed by atoms with van der Waals surface area (Å²) in [6, 6.07) is 0. The number of aliphatic hydroxyl groups is 1. The lowest BCUT2D eigenvalue weighted by Crippen LogP contribution is -2.30.